The number of nitrogens with one attached hydrogen (secondary N) is 2. The molecule has 0 bridgehead atoms. The topological polar surface area (TPSA) is 70.6 Å². The number of nitrogens with zero attached hydrogens (tertiary/aromatic N) is 1. The molecule has 0 aromatic carbocycles. The molecule has 0 amide bonds. The second-order valence-corrected chi connectivity index (χ2v) is 11.3. The Hall–Kier alpha value is -0.430. The highest BCUT2D eigenvalue weighted by Gasteiger charge is 2.25. The first kappa shape index (κ1) is 21.6. The van der Waals surface area contributed by atoms with E-state index in [0.29, 0.717) is 19.0 Å². The van der Waals surface area contributed by atoms with E-state index in [1.165, 1.54) is 31.3 Å². The predicted molar refractivity (Wildman–Crippen MR) is 107 cm³/mol. The number of thioether (sulfide) groups is 1. The van der Waals surface area contributed by atoms with Gasteiger partial charge in [-0.15, -0.1) is 0 Å². The molecule has 7 heteroatoms. The molecule has 1 aliphatic rings. The summed E-state index contributed by atoms with van der Waals surface area (Å²) >= 11 is 2.05. The Morgan fingerprint density at radius 3 is 2.58 bits per heavy atom. The second-order valence-electron chi connectivity index (χ2n) is 7.47. The largest absolute Gasteiger partial charge is 0.357 e. The molecule has 0 heterocycles. The summed E-state index contributed by atoms with van der Waals surface area (Å²) in [7, 11) is -2.92. The molecular formula is C17H35N3O2S2. The minimum Gasteiger partial charge on any atom is -0.357 e. The number of hydrogen-bond donors (Lipinski definition) is 2. The van der Waals surface area contributed by atoms with Gasteiger partial charge >= 0.3 is 0 Å². The van der Waals surface area contributed by atoms with E-state index < -0.39 is 9.84 Å². The maximum Gasteiger partial charge on any atom is 0.191 e. The van der Waals surface area contributed by atoms with E-state index in [9.17, 15) is 8.42 Å². The normalized spacial score (nSPS) is 22.6. The van der Waals surface area contributed by atoms with E-state index in [0.717, 1.165) is 17.8 Å². The third-order valence-corrected chi connectivity index (χ3v) is 6.47. The lowest BCUT2D eigenvalue weighted by Gasteiger charge is -2.23. The highest BCUT2D eigenvalue weighted by molar-refractivity contribution is 7.99. The van der Waals surface area contributed by atoms with Crippen molar-refractivity contribution in [2.75, 3.05) is 30.9 Å². The molecule has 0 radical (unpaired) electrons. The first-order chi connectivity index (χ1) is 11.1. The van der Waals surface area contributed by atoms with Gasteiger partial charge < -0.3 is 10.6 Å². The Bertz CT molecular complexity index is 504. The van der Waals surface area contributed by atoms with Gasteiger partial charge in [0.05, 0.1) is 5.75 Å². The quantitative estimate of drug-likeness (QED) is 0.477. The highest BCUT2D eigenvalue weighted by Crippen LogP contribution is 2.29. The molecule has 142 valence electrons. The van der Waals surface area contributed by atoms with Gasteiger partial charge in [-0.25, -0.2) is 8.42 Å². The van der Waals surface area contributed by atoms with Crippen LogP contribution in [0.5, 0.6) is 0 Å². The van der Waals surface area contributed by atoms with Crippen LogP contribution in [0.2, 0.25) is 0 Å². The molecule has 1 rings (SSSR count). The summed E-state index contributed by atoms with van der Waals surface area (Å²) < 4.78 is 22.7. The summed E-state index contributed by atoms with van der Waals surface area (Å²) in [6.45, 7) is 9.89. The molecule has 0 aromatic heterocycles. The van der Waals surface area contributed by atoms with Crippen molar-refractivity contribution in [1.29, 1.82) is 0 Å². The maximum absolute atomic E-state index is 11.4. The van der Waals surface area contributed by atoms with Crippen LogP contribution in [0.3, 0.4) is 0 Å². The van der Waals surface area contributed by atoms with E-state index in [2.05, 4.69) is 50.1 Å². The summed E-state index contributed by atoms with van der Waals surface area (Å²) in [5.41, 5.74) is -0.123. The Morgan fingerprint density at radius 1 is 1.29 bits per heavy atom. The fourth-order valence-corrected chi connectivity index (χ4v) is 4.87. The standard InChI is InChI=1S/C17H35N3O2S2/c1-6-18-16(20-14-8-9-15(12-14)23-7-2)19-13-17(3,4)10-11-24(5,21)22/h14-15H,6-13H2,1-5H3,(H2,18,19,20). The first-order valence-corrected chi connectivity index (χ1v) is 12.1. The van der Waals surface area contributed by atoms with E-state index >= 15 is 0 Å². The second kappa shape index (κ2) is 9.90. The molecule has 0 spiro atoms. The van der Waals surface area contributed by atoms with Gasteiger partial charge in [0.25, 0.3) is 0 Å². The van der Waals surface area contributed by atoms with Crippen molar-refractivity contribution in [3.63, 3.8) is 0 Å². The zero-order valence-corrected chi connectivity index (χ0v) is 17.5. The number of aliphatic imine (C=N–C) groups is 1. The lowest BCUT2D eigenvalue weighted by molar-refractivity contribution is 0.365. The third kappa shape index (κ3) is 9.16. The molecule has 1 fully saturated rings. The van der Waals surface area contributed by atoms with Crippen LogP contribution in [0.1, 0.15) is 53.4 Å². The Morgan fingerprint density at radius 2 is 2.00 bits per heavy atom. The van der Waals surface area contributed by atoms with Gasteiger partial charge in [0, 0.05) is 30.6 Å². The van der Waals surface area contributed by atoms with Crippen LogP contribution < -0.4 is 10.6 Å². The van der Waals surface area contributed by atoms with Gasteiger partial charge in [-0.05, 0) is 43.8 Å². The van der Waals surface area contributed by atoms with Crippen LogP contribution in [-0.2, 0) is 9.84 Å². The summed E-state index contributed by atoms with van der Waals surface area (Å²) in [6.07, 6.45) is 5.59. The van der Waals surface area contributed by atoms with Crippen LogP contribution in [0.25, 0.3) is 0 Å². The van der Waals surface area contributed by atoms with E-state index in [1.54, 1.807) is 0 Å². The number of guanidine groups is 1. The van der Waals surface area contributed by atoms with E-state index in [-0.39, 0.29) is 11.2 Å². The molecule has 1 aliphatic carbocycles. The number of hydrogen-bond acceptors (Lipinski definition) is 4. The Balaban J connectivity index is 2.55. The molecule has 24 heavy (non-hydrogen) atoms. The molecule has 0 saturated heterocycles. The average Bonchev–Trinajstić information content (AvgIpc) is 2.90. The van der Waals surface area contributed by atoms with Crippen molar-refractivity contribution in [2.24, 2.45) is 10.4 Å². The SMILES string of the molecule is CCNC(=NCC(C)(C)CCS(C)(=O)=O)NC1CCC(SCC)C1. The van der Waals surface area contributed by atoms with Gasteiger partial charge in [0.15, 0.2) is 5.96 Å². The fourth-order valence-electron chi connectivity index (χ4n) is 2.81. The molecule has 2 unspecified atom stereocenters. The first-order valence-electron chi connectivity index (χ1n) is 8.99. The van der Waals surface area contributed by atoms with Crippen molar-refractivity contribution in [1.82, 2.24) is 10.6 Å². The monoisotopic (exact) mass is 377 g/mol. The van der Waals surface area contributed by atoms with Crippen molar-refractivity contribution in [3.05, 3.63) is 0 Å². The number of rotatable bonds is 9. The maximum atomic E-state index is 11.4. The summed E-state index contributed by atoms with van der Waals surface area (Å²) in [6, 6.07) is 0.492. The summed E-state index contributed by atoms with van der Waals surface area (Å²) in [5, 5.41) is 7.64. The summed E-state index contributed by atoms with van der Waals surface area (Å²) in [4.78, 5) is 4.71. The third-order valence-electron chi connectivity index (χ3n) is 4.29. The molecule has 5 nitrogen and oxygen atoms in total. The van der Waals surface area contributed by atoms with Gasteiger partial charge in [0.1, 0.15) is 9.84 Å². The van der Waals surface area contributed by atoms with Crippen LogP contribution >= 0.6 is 11.8 Å². The average molecular weight is 378 g/mol. The molecule has 1 saturated carbocycles. The summed E-state index contributed by atoms with van der Waals surface area (Å²) in [5.74, 6) is 2.26. The van der Waals surface area contributed by atoms with Crippen LogP contribution in [-0.4, -0.2) is 56.5 Å². The Kier molecular flexibility index (Phi) is 8.91. The Labute approximate surface area is 152 Å². The van der Waals surface area contributed by atoms with Gasteiger partial charge in [-0.2, -0.15) is 11.8 Å². The minimum absolute atomic E-state index is 0.123. The zero-order chi connectivity index (χ0) is 18.2. The van der Waals surface area contributed by atoms with Crippen LogP contribution in [0.4, 0.5) is 0 Å². The molecule has 0 aliphatic heterocycles. The lowest BCUT2D eigenvalue weighted by atomic mass is 9.90. The van der Waals surface area contributed by atoms with Crippen molar-refractivity contribution in [3.8, 4) is 0 Å². The van der Waals surface area contributed by atoms with Crippen LogP contribution in [0.15, 0.2) is 4.99 Å². The fraction of sp³-hybridized carbons (Fsp3) is 0.941. The van der Waals surface area contributed by atoms with E-state index in [4.69, 9.17) is 4.99 Å². The molecule has 2 N–H and O–H groups in total. The van der Waals surface area contributed by atoms with Gasteiger partial charge in [0.2, 0.25) is 0 Å². The van der Waals surface area contributed by atoms with Crippen molar-refractivity contribution < 1.29 is 8.42 Å². The van der Waals surface area contributed by atoms with Crippen LogP contribution in [0, 0.1) is 5.41 Å². The molecule has 2 atom stereocenters. The highest BCUT2D eigenvalue weighted by atomic mass is 32.2. The predicted octanol–water partition coefficient (Wildman–Crippen LogP) is 2.68. The molecular weight excluding hydrogens is 342 g/mol. The number of sulfone groups is 1. The lowest BCUT2D eigenvalue weighted by Crippen LogP contribution is -2.43. The zero-order valence-electron chi connectivity index (χ0n) is 15.9. The van der Waals surface area contributed by atoms with Gasteiger partial charge in [-0.1, -0.05) is 20.8 Å². The van der Waals surface area contributed by atoms with E-state index in [1.807, 2.05) is 0 Å². The van der Waals surface area contributed by atoms with Crippen molar-refractivity contribution in [2.45, 2.75) is 64.7 Å². The minimum atomic E-state index is -2.92. The van der Waals surface area contributed by atoms with Crippen molar-refractivity contribution >= 4 is 27.6 Å². The molecule has 0 aromatic rings. The smallest absolute Gasteiger partial charge is 0.191 e. The van der Waals surface area contributed by atoms with Gasteiger partial charge in [-0.3, -0.25) is 4.99 Å².